The minimum atomic E-state index is 0.176. The normalized spacial score (nSPS) is 50.0. The van der Waals surface area contributed by atoms with E-state index in [0.29, 0.717) is 47.3 Å². The van der Waals surface area contributed by atoms with Crippen molar-refractivity contribution in [1.82, 2.24) is 0 Å². The molecule has 0 spiro atoms. The second-order valence-corrected chi connectivity index (χ2v) is 11.2. The molecule has 5 rings (SSSR count). The third-order valence-electron chi connectivity index (χ3n) is 9.94. The smallest absolute Gasteiger partial charge is 0.155 e. The lowest BCUT2D eigenvalue weighted by Gasteiger charge is -2.57. The Balaban J connectivity index is 1.42. The monoisotopic (exact) mass is 384 g/mol. The Bertz CT molecular complexity index is 738. The molecule has 0 N–H and O–H groups in total. The van der Waals surface area contributed by atoms with Gasteiger partial charge in [0.25, 0.3) is 0 Å². The van der Waals surface area contributed by atoms with E-state index in [1.54, 1.807) is 6.92 Å². The van der Waals surface area contributed by atoms with Crippen molar-refractivity contribution in [1.29, 1.82) is 0 Å². The average Bonchev–Trinajstić information content (AvgIpc) is 3.35. The van der Waals surface area contributed by atoms with Gasteiger partial charge in [0.15, 0.2) is 5.78 Å². The molecule has 4 aliphatic carbocycles. The van der Waals surface area contributed by atoms with Gasteiger partial charge in [0, 0.05) is 12.8 Å². The summed E-state index contributed by atoms with van der Waals surface area (Å²) in [7, 11) is 0. The molecule has 0 aromatic rings. The van der Waals surface area contributed by atoms with E-state index >= 15 is 0 Å². The van der Waals surface area contributed by atoms with Gasteiger partial charge in [0.1, 0.15) is 11.9 Å². The van der Waals surface area contributed by atoms with E-state index in [9.17, 15) is 9.59 Å². The highest BCUT2D eigenvalue weighted by Crippen LogP contribution is 2.70. The molecule has 1 saturated heterocycles. The van der Waals surface area contributed by atoms with Gasteiger partial charge in [-0.15, -0.1) is 0 Å². The van der Waals surface area contributed by atoms with Gasteiger partial charge in [-0.2, -0.15) is 0 Å². The molecule has 3 saturated carbocycles. The first-order valence-electron chi connectivity index (χ1n) is 11.7. The van der Waals surface area contributed by atoms with Gasteiger partial charge in [-0.25, -0.2) is 0 Å². The molecule has 3 nitrogen and oxygen atoms in total. The summed E-state index contributed by atoms with van der Waals surface area (Å²) in [6.45, 7) is 9.11. The highest BCUT2D eigenvalue weighted by molar-refractivity contribution is 5.92. The van der Waals surface area contributed by atoms with Crippen molar-refractivity contribution in [3.05, 3.63) is 11.6 Å². The topological polar surface area (TPSA) is 46.7 Å². The maximum absolute atomic E-state index is 12.1. The standard InChI is InChI=1S/C25H36O3/c1-14(5-6-15(2)26)17-7-8-18-21-19(10-12-24(17,18)3)25(4)11-9-16(27)13-20(25)22-23(21)28-22/h13-14,17-19,21-23H,5-12H2,1-4H3. The van der Waals surface area contributed by atoms with Crippen LogP contribution in [0.2, 0.25) is 0 Å². The van der Waals surface area contributed by atoms with E-state index in [-0.39, 0.29) is 11.5 Å². The Hall–Kier alpha value is -0.960. The predicted molar refractivity (Wildman–Crippen MR) is 109 cm³/mol. The molecule has 4 fully saturated rings. The van der Waals surface area contributed by atoms with Crippen molar-refractivity contribution < 1.29 is 14.3 Å². The number of hydrogen-bond acceptors (Lipinski definition) is 3. The first-order chi connectivity index (χ1) is 13.3. The fraction of sp³-hybridized carbons (Fsp3) is 0.840. The average molecular weight is 385 g/mol. The molecule has 0 bridgehead atoms. The van der Waals surface area contributed by atoms with Crippen LogP contribution in [0.25, 0.3) is 0 Å². The van der Waals surface area contributed by atoms with Gasteiger partial charge in [-0.3, -0.25) is 4.79 Å². The molecule has 3 heteroatoms. The number of hydrogen-bond donors (Lipinski definition) is 0. The number of Topliss-reactive ketones (excluding diaryl/α,β-unsaturated/α-hetero) is 1. The van der Waals surface area contributed by atoms with E-state index in [4.69, 9.17) is 4.74 Å². The van der Waals surface area contributed by atoms with Crippen LogP contribution in [0, 0.1) is 40.4 Å². The Morgan fingerprint density at radius 1 is 1.21 bits per heavy atom. The van der Waals surface area contributed by atoms with Crippen LogP contribution in [0.1, 0.15) is 79.1 Å². The number of carbonyl (C=O) groups excluding carboxylic acids is 2. The molecule has 5 aliphatic rings. The predicted octanol–water partition coefficient (Wildman–Crippen LogP) is 5.13. The summed E-state index contributed by atoms with van der Waals surface area (Å²) in [4.78, 5) is 23.6. The SMILES string of the molecule is CC(=O)CCC(C)C1CCC2C3C4OC4C4=CC(=O)CCC4(C)C3CCC12C. The van der Waals surface area contributed by atoms with Crippen LogP contribution < -0.4 is 0 Å². The minimum Gasteiger partial charge on any atom is -0.365 e. The van der Waals surface area contributed by atoms with E-state index in [0.717, 1.165) is 31.1 Å². The van der Waals surface area contributed by atoms with E-state index < -0.39 is 0 Å². The summed E-state index contributed by atoms with van der Waals surface area (Å²) in [5, 5.41) is 0. The molecule has 1 aliphatic heterocycles. The summed E-state index contributed by atoms with van der Waals surface area (Å²) in [5.74, 6) is 4.11. The number of ketones is 2. The lowest BCUT2D eigenvalue weighted by atomic mass is 9.46. The fourth-order valence-electron chi connectivity index (χ4n) is 8.41. The van der Waals surface area contributed by atoms with Gasteiger partial charge in [-0.1, -0.05) is 20.8 Å². The second-order valence-electron chi connectivity index (χ2n) is 11.2. The maximum Gasteiger partial charge on any atom is 0.155 e. The van der Waals surface area contributed by atoms with Crippen LogP contribution in [-0.2, 0) is 14.3 Å². The van der Waals surface area contributed by atoms with Crippen molar-refractivity contribution in [2.24, 2.45) is 40.4 Å². The largest absolute Gasteiger partial charge is 0.365 e. The fourth-order valence-corrected chi connectivity index (χ4v) is 8.41. The summed E-state index contributed by atoms with van der Waals surface area (Å²) < 4.78 is 6.29. The van der Waals surface area contributed by atoms with Crippen molar-refractivity contribution in [2.75, 3.05) is 0 Å². The Labute approximate surface area is 169 Å². The summed E-state index contributed by atoms with van der Waals surface area (Å²) >= 11 is 0. The summed E-state index contributed by atoms with van der Waals surface area (Å²) in [6.07, 6.45) is 11.3. The van der Waals surface area contributed by atoms with Gasteiger partial charge < -0.3 is 9.53 Å². The summed E-state index contributed by atoms with van der Waals surface area (Å²) in [6, 6.07) is 0. The quantitative estimate of drug-likeness (QED) is 0.632. The van der Waals surface area contributed by atoms with Crippen molar-refractivity contribution in [3.8, 4) is 0 Å². The Morgan fingerprint density at radius 2 is 2.00 bits per heavy atom. The van der Waals surface area contributed by atoms with Crippen LogP contribution >= 0.6 is 0 Å². The highest BCUT2D eigenvalue weighted by atomic mass is 16.6. The molecule has 0 amide bonds. The molecular weight excluding hydrogens is 348 g/mol. The number of epoxide rings is 1. The third kappa shape index (κ3) is 2.57. The molecule has 0 aromatic heterocycles. The molecule has 28 heavy (non-hydrogen) atoms. The molecule has 154 valence electrons. The van der Waals surface area contributed by atoms with Crippen molar-refractivity contribution >= 4 is 11.6 Å². The first-order valence-corrected chi connectivity index (χ1v) is 11.7. The lowest BCUT2D eigenvalue weighted by molar-refractivity contribution is -0.117. The van der Waals surface area contributed by atoms with E-state index in [1.165, 1.54) is 31.3 Å². The van der Waals surface area contributed by atoms with Gasteiger partial charge in [0.2, 0.25) is 0 Å². The van der Waals surface area contributed by atoms with Gasteiger partial charge >= 0.3 is 0 Å². The zero-order valence-electron chi connectivity index (χ0n) is 18.0. The Kier molecular flexibility index (Phi) is 4.26. The number of carbonyl (C=O) groups is 2. The van der Waals surface area contributed by atoms with E-state index in [2.05, 4.69) is 20.8 Å². The highest BCUT2D eigenvalue weighted by Gasteiger charge is 2.69. The van der Waals surface area contributed by atoms with Crippen LogP contribution in [0.15, 0.2) is 11.6 Å². The van der Waals surface area contributed by atoms with Crippen LogP contribution in [0.3, 0.4) is 0 Å². The van der Waals surface area contributed by atoms with Crippen LogP contribution in [-0.4, -0.2) is 23.8 Å². The van der Waals surface area contributed by atoms with Crippen LogP contribution in [0.5, 0.6) is 0 Å². The number of fused-ring (bicyclic) bond motifs is 8. The summed E-state index contributed by atoms with van der Waals surface area (Å²) in [5.41, 5.74) is 1.91. The van der Waals surface area contributed by atoms with Crippen LogP contribution in [0.4, 0.5) is 0 Å². The molecule has 0 aromatic carbocycles. The Morgan fingerprint density at radius 3 is 2.75 bits per heavy atom. The zero-order valence-corrected chi connectivity index (χ0v) is 18.0. The molecular formula is C25H36O3. The lowest BCUT2D eigenvalue weighted by Crippen LogP contribution is -2.53. The van der Waals surface area contributed by atoms with Gasteiger partial charge in [-0.05, 0) is 97.5 Å². The van der Waals surface area contributed by atoms with Gasteiger partial charge in [0.05, 0.1) is 6.10 Å². The zero-order chi connectivity index (χ0) is 19.8. The van der Waals surface area contributed by atoms with Crippen molar-refractivity contribution in [3.63, 3.8) is 0 Å². The van der Waals surface area contributed by atoms with Crippen molar-refractivity contribution in [2.45, 2.75) is 91.3 Å². The first kappa shape index (κ1) is 19.0. The molecule has 9 atom stereocenters. The number of rotatable bonds is 4. The minimum absolute atomic E-state index is 0.176. The third-order valence-corrected chi connectivity index (χ3v) is 9.94. The second kappa shape index (κ2) is 6.27. The van der Waals surface area contributed by atoms with E-state index in [1.807, 2.05) is 6.08 Å². The molecule has 1 heterocycles. The molecule has 9 unspecified atom stereocenters. The number of ether oxygens (including phenoxy) is 1. The maximum atomic E-state index is 12.1. The molecule has 0 radical (unpaired) electrons.